The van der Waals surface area contributed by atoms with Crippen LogP contribution in [0.25, 0.3) is 0 Å². The van der Waals surface area contributed by atoms with E-state index in [1.165, 1.54) is 0 Å². The summed E-state index contributed by atoms with van der Waals surface area (Å²) in [5.41, 5.74) is 0. The summed E-state index contributed by atoms with van der Waals surface area (Å²) in [7, 11) is -3.42. The molecule has 1 aromatic heterocycles. The van der Waals surface area contributed by atoms with Gasteiger partial charge in [-0.3, -0.25) is 0 Å². The molecule has 1 atom stereocenters. The monoisotopic (exact) mass is 332 g/mol. The molecule has 1 aliphatic rings. The minimum atomic E-state index is -3.42. The molecular weight excluding hydrogens is 308 g/mol. The van der Waals surface area contributed by atoms with Gasteiger partial charge in [0, 0.05) is 34.9 Å². The van der Waals surface area contributed by atoms with E-state index in [4.69, 9.17) is 4.74 Å². The van der Waals surface area contributed by atoms with E-state index in [1.54, 1.807) is 15.6 Å². The van der Waals surface area contributed by atoms with Crippen LogP contribution in [0.3, 0.4) is 0 Å². The number of aryl methyl sites for hydroxylation is 1. The van der Waals surface area contributed by atoms with Gasteiger partial charge in [0.25, 0.3) is 0 Å². The zero-order valence-corrected chi connectivity index (χ0v) is 14.7. The predicted molar refractivity (Wildman–Crippen MR) is 85.2 cm³/mol. The zero-order valence-electron chi connectivity index (χ0n) is 13.0. The average molecular weight is 332 g/mol. The van der Waals surface area contributed by atoms with Crippen LogP contribution in [0.4, 0.5) is 0 Å². The first-order valence-electron chi connectivity index (χ1n) is 7.24. The van der Waals surface area contributed by atoms with E-state index in [-0.39, 0.29) is 6.04 Å². The Bertz CT molecular complexity index is 581. The highest BCUT2D eigenvalue weighted by Crippen LogP contribution is 2.29. The van der Waals surface area contributed by atoms with Crippen LogP contribution in [0.1, 0.15) is 30.5 Å². The van der Waals surface area contributed by atoms with Crippen LogP contribution in [-0.2, 0) is 21.3 Å². The maximum atomic E-state index is 12.8. The number of nitrogens with one attached hydrogen (secondary N) is 1. The molecule has 0 radical (unpaired) electrons. The van der Waals surface area contributed by atoms with Gasteiger partial charge in [-0.1, -0.05) is 13.8 Å². The Morgan fingerprint density at radius 3 is 2.86 bits per heavy atom. The third-order valence-corrected chi connectivity index (χ3v) is 6.82. The molecule has 0 bridgehead atoms. The summed E-state index contributed by atoms with van der Waals surface area (Å²) in [6.45, 7) is 9.98. The van der Waals surface area contributed by atoms with E-state index in [2.05, 4.69) is 19.2 Å². The van der Waals surface area contributed by atoms with Gasteiger partial charge in [-0.05, 0) is 19.9 Å². The van der Waals surface area contributed by atoms with Crippen molar-refractivity contribution in [1.29, 1.82) is 0 Å². The molecule has 2 heterocycles. The van der Waals surface area contributed by atoms with Crippen molar-refractivity contribution < 1.29 is 13.2 Å². The van der Waals surface area contributed by atoms with E-state index < -0.39 is 10.0 Å². The van der Waals surface area contributed by atoms with Crippen molar-refractivity contribution in [2.75, 3.05) is 19.8 Å². The second-order valence-corrected chi connectivity index (χ2v) is 8.91. The molecule has 1 fully saturated rings. The Kier molecular flexibility index (Phi) is 5.43. The Hall–Kier alpha value is -0.470. The van der Waals surface area contributed by atoms with E-state index in [0.29, 0.717) is 37.2 Å². The van der Waals surface area contributed by atoms with Crippen LogP contribution in [0.15, 0.2) is 11.0 Å². The van der Waals surface area contributed by atoms with Crippen molar-refractivity contribution in [2.45, 2.75) is 51.2 Å². The third-order valence-electron chi connectivity index (χ3n) is 3.50. The van der Waals surface area contributed by atoms with Gasteiger partial charge in [0.2, 0.25) is 10.0 Å². The predicted octanol–water partition coefficient (Wildman–Crippen LogP) is 1.96. The van der Waals surface area contributed by atoms with Crippen molar-refractivity contribution in [3.05, 3.63) is 15.8 Å². The molecule has 5 nitrogen and oxygen atoms in total. The van der Waals surface area contributed by atoms with E-state index in [1.807, 2.05) is 19.9 Å². The Morgan fingerprint density at radius 1 is 1.52 bits per heavy atom. The molecule has 1 aliphatic heterocycles. The van der Waals surface area contributed by atoms with Gasteiger partial charge in [0.05, 0.1) is 18.1 Å². The second kappa shape index (κ2) is 6.75. The minimum Gasteiger partial charge on any atom is -0.378 e. The summed E-state index contributed by atoms with van der Waals surface area (Å²) >= 11 is 1.55. The Balaban J connectivity index is 2.23. The van der Waals surface area contributed by atoms with Gasteiger partial charge in [0.1, 0.15) is 0 Å². The average Bonchev–Trinajstić information content (AvgIpc) is 2.79. The molecule has 2 rings (SSSR count). The maximum absolute atomic E-state index is 12.8. The third kappa shape index (κ3) is 3.84. The first-order valence-corrected chi connectivity index (χ1v) is 9.50. The van der Waals surface area contributed by atoms with Gasteiger partial charge in [0.15, 0.2) is 0 Å². The molecule has 0 aromatic carbocycles. The fraction of sp³-hybridized carbons (Fsp3) is 0.714. The molecule has 0 aliphatic carbocycles. The maximum Gasteiger partial charge on any atom is 0.244 e. The molecule has 1 N–H and O–H groups in total. The molecular formula is C14H24N2O3S2. The van der Waals surface area contributed by atoms with Gasteiger partial charge < -0.3 is 10.1 Å². The first-order chi connectivity index (χ1) is 9.82. The molecule has 21 heavy (non-hydrogen) atoms. The van der Waals surface area contributed by atoms with Gasteiger partial charge in [-0.25, -0.2) is 8.42 Å². The highest BCUT2D eigenvalue weighted by Gasteiger charge is 2.33. The summed E-state index contributed by atoms with van der Waals surface area (Å²) in [5.74, 6) is 0. The molecule has 7 heteroatoms. The van der Waals surface area contributed by atoms with E-state index in [0.717, 1.165) is 9.75 Å². The van der Waals surface area contributed by atoms with Gasteiger partial charge in [-0.2, -0.15) is 4.31 Å². The topological polar surface area (TPSA) is 58.6 Å². The van der Waals surface area contributed by atoms with Gasteiger partial charge >= 0.3 is 0 Å². The molecule has 0 spiro atoms. The number of ether oxygens (including phenoxy) is 1. The molecule has 1 aromatic rings. The fourth-order valence-electron chi connectivity index (χ4n) is 2.37. The molecule has 120 valence electrons. The van der Waals surface area contributed by atoms with Crippen LogP contribution in [0.5, 0.6) is 0 Å². The molecule has 1 unspecified atom stereocenters. The lowest BCUT2D eigenvalue weighted by Gasteiger charge is -2.32. The summed E-state index contributed by atoms with van der Waals surface area (Å²) in [6.07, 6.45) is 0. The first kappa shape index (κ1) is 16.9. The van der Waals surface area contributed by atoms with Crippen LogP contribution >= 0.6 is 11.3 Å². The summed E-state index contributed by atoms with van der Waals surface area (Å²) < 4.78 is 32.5. The minimum absolute atomic E-state index is 0.111. The lowest BCUT2D eigenvalue weighted by atomic mass is 10.3. The quantitative estimate of drug-likeness (QED) is 0.895. The number of hydrogen-bond acceptors (Lipinski definition) is 5. The van der Waals surface area contributed by atoms with Crippen LogP contribution in [-0.4, -0.2) is 44.6 Å². The lowest BCUT2D eigenvalue weighted by Crippen LogP contribution is -2.46. The lowest BCUT2D eigenvalue weighted by molar-refractivity contribution is 0.0392. The van der Waals surface area contributed by atoms with Gasteiger partial charge in [-0.15, -0.1) is 11.3 Å². The smallest absolute Gasteiger partial charge is 0.244 e. The fourth-order valence-corrected chi connectivity index (χ4v) is 5.52. The van der Waals surface area contributed by atoms with E-state index in [9.17, 15) is 8.42 Å². The number of hydrogen-bond donors (Lipinski definition) is 1. The highest BCUT2D eigenvalue weighted by molar-refractivity contribution is 7.89. The number of sulfonamides is 1. The van der Waals surface area contributed by atoms with Crippen molar-refractivity contribution in [2.24, 2.45) is 0 Å². The summed E-state index contributed by atoms with van der Waals surface area (Å²) in [5, 5.41) is 3.32. The van der Waals surface area contributed by atoms with E-state index >= 15 is 0 Å². The van der Waals surface area contributed by atoms with Crippen molar-refractivity contribution >= 4 is 21.4 Å². The number of nitrogens with zero attached hydrogens (tertiary/aromatic N) is 1. The van der Waals surface area contributed by atoms with Crippen LogP contribution in [0, 0.1) is 6.92 Å². The van der Waals surface area contributed by atoms with Crippen LogP contribution in [0.2, 0.25) is 0 Å². The number of rotatable bonds is 5. The summed E-state index contributed by atoms with van der Waals surface area (Å²) in [6, 6.07) is 2.08. The number of thiophene rings is 1. The van der Waals surface area contributed by atoms with Crippen LogP contribution < -0.4 is 5.32 Å². The summed E-state index contributed by atoms with van der Waals surface area (Å²) in [4.78, 5) is 2.36. The van der Waals surface area contributed by atoms with Crippen molar-refractivity contribution in [3.8, 4) is 0 Å². The standard InChI is InChI=1S/C14H24N2O3S2/c1-10(2)15-8-13-7-14(12(4)20-13)21(17,18)16-5-6-19-9-11(16)3/h7,10-11,15H,5-6,8-9H2,1-4H3. The zero-order chi connectivity index (χ0) is 15.6. The SMILES string of the molecule is Cc1sc(CNC(C)C)cc1S(=O)(=O)N1CCOCC1C. The Labute approximate surface area is 131 Å². The molecule has 0 saturated carbocycles. The second-order valence-electron chi connectivity index (χ2n) is 5.71. The molecule has 0 amide bonds. The van der Waals surface area contributed by atoms with Crippen molar-refractivity contribution in [1.82, 2.24) is 9.62 Å². The largest absolute Gasteiger partial charge is 0.378 e. The van der Waals surface area contributed by atoms with Crippen molar-refractivity contribution in [3.63, 3.8) is 0 Å². The Morgan fingerprint density at radius 2 is 2.24 bits per heavy atom. The molecule has 1 saturated heterocycles. The number of morpholine rings is 1. The normalized spacial score (nSPS) is 21.1. The highest BCUT2D eigenvalue weighted by atomic mass is 32.2.